The van der Waals surface area contributed by atoms with Gasteiger partial charge < -0.3 is 19.9 Å². The van der Waals surface area contributed by atoms with Crippen molar-refractivity contribution in [3.8, 4) is 11.8 Å². The fourth-order valence-electron chi connectivity index (χ4n) is 3.54. The molecule has 2 aromatic heterocycles. The number of morpholine rings is 1. The first kappa shape index (κ1) is 22.9. The molecule has 11 heteroatoms. The Morgan fingerprint density at radius 2 is 1.94 bits per heavy atom. The lowest BCUT2D eigenvalue weighted by Crippen LogP contribution is -2.36. The van der Waals surface area contributed by atoms with Crippen LogP contribution >= 0.6 is 0 Å². The van der Waals surface area contributed by atoms with Crippen molar-refractivity contribution >= 4 is 23.2 Å². The van der Waals surface area contributed by atoms with Gasteiger partial charge in [0.15, 0.2) is 5.69 Å². The van der Waals surface area contributed by atoms with E-state index in [4.69, 9.17) is 4.74 Å². The van der Waals surface area contributed by atoms with Crippen molar-refractivity contribution < 1.29 is 14.3 Å². The number of hydrogen-bond acceptors (Lipinski definition) is 8. The summed E-state index contributed by atoms with van der Waals surface area (Å²) < 4.78 is 6.84. The van der Waals surface area contributed by atoms with Crippen LogP contribution in [-0.2, 0) is 4.74 Å². The van der Waals surface area contributed by atoms with E-state index in [0.717, 1.165) is 5.69 Å². The summed E-state index contributed by atoms with van der Waals surface area (Å²) in [5.41, 5.74) is 3.42. The number of hydrogen-bond donors (Lipinski definition) is 1. The van der Waals surface area contributed by atoms with Gasteiger partial charge in [0.05, 0.1) is 54.3 Å². The molecule has 174 valence electrons. The van der Waals surface area contributed by atoms with Crippen LogP contribution < -0.4 is 10.2 Å². The number of carbonyl (C=O) groups excluding carboxylic acids is 2. The summed E-state index contributed by atoms with van der Waals surface area (Å²) in [4.78, 5) is 33.0. The van der Waals surface area contributed by atoms with Gasteiger partial charge in [-0.2, -0.15) is 5.26 Å². The lowest BCUT2D eigenvalue weighted by Gasteiger charge is -2.29. The number of rotatable bonds is 5. The maximum Gasteiger partial charge on any atom is 0.275 e. The number of benzene rings is 1. The molecule has 0 radical (unpaired) electrons. The van der Waals surface area contributed by atoms with Crippen LogP contribution in [-0.4, -0.2) is 77.1 Å². The number of aryl methyl sites for hydroxylation is 1. The van der Waals surface area contributed by atoms with Crippen LogP contribution in [0.4, 0.5) is 11.4 Å². The van der Waals surface area contributed by atoms with Crippen LogP contribution in [0.5, 0.6) is 0 Å². The first-order valence-corrected chi connectivity index (χ1v) is 10.7. The highest BCUT2D eigenvalue weighted by Crippen LogP contribution is 2.22. The summed E-state index contributed by atoms with van der Waals surface area (Å²) in [5, 5.41) is 20.2. The van der Waals surface area contributed by atoms with Gasteiger partial charge in [0.2, 0.25) is 0 Å². The average molecular weight is 460 g/mol. The van der Waals surface area contributed by atoms with Gasteiger partial charge >= 0.3 is 0 Å². The molecule has 1 aliphatic rings. The van der Waals surface area contributed by atoms with Crippen LogP contribution in [0.3, 0.4) is 0 Å². The second-order valence-corrected chi connectivity index (χ2v) is 8.01. The minimum absolute atomic E-state index is 0.197. The van der Waals surface area contributed by atoms with Crippen LogP contribution in [0.25, 0.3) is 5.69 Å². The van der Waals surface area contributed by atoms with E-state index in [1.807, 2.05) is 0 Å². The summed E-state index contributed by atoms with van der Waals surface area (Å²) in [6.45, 7) is 4.37. The molecule has 0 saturated carbocycles. The van der Waals surface area contributed by atoms with Crippen molar-refractivity contribution in [2.75, 3.05) is 50.6 Å². The summed E-state index contributed by atoms with van der Waals surface area (Å²) >= 11 is 0. The van der Waals surface area contributed by atoms with E-state index < -0.39 is 0 Å². The van der Waals surface area contributed by atoms with E-state index in [-0.39, 0.29) is 17.5 Å². The number of nitriles is 1. The highest BCUT2D eigenvalue weighted by atomic mass is 16.5. The van der Waals surface area contributed by atoms with Crippen molar-refractivity contribution in [2.45, 2.75) is 6.92 Å². The zero-order chi connectivity index (χ0) is 24.2. The molecule has 1 N–H and O–H groups in total. The van der Waals surface area contributed by atoms with Crippen molar-refractivity contribution in [3.05, 3.63) is 59.2 Å². The van der Waals surface area contributed by atoms with Gasteiger partial charge in [0.25, 0.3) is 11.8 Å². The molecule has 1 aliphatic heterocycles. The van der Waals surface area contributed by atoms with E-state index in [2.05, 4.69) is 31.6 Å². The number of amides is 2. The Morgan fingerprint density at radius 1 is 1.18 bits per heavy atom. The quantitative estimate of drug-likeness (QED) is 0.608. The molecular weight excluding hydrogens is 436 g/mol. The number of pyridine rings is 1. The molecule has 1 aromatic carbocycles. The Balaban J connectivity index is 1.58. The van der Waals surface area contributed by atoms with Crippen LogP contribution in [0.15, 0.2) is 36.7 Å². The minimum Gasteiger partial charge on any atom is -0.378 e. The zero-order valence-electron chi connectivity index (χ0n) is 19.1. The van der Waals surface area contributed by atoms with Crippen molar-refractivity contribution in [1.82, 2.24) is 24.9 Å². The third-order valence-corrected chi connectivity index (χ3v) is 5.37. The monoisotopic (exact) mass is 460 g/mol. The number of nitrogens with one attached hydrogen (secondary N) is 1. The number of aromatic nitrogens is 4. The van der Waals surface area contributed by atoms with Crippen LogP contribution in [0.2, 0.25) is 0 Å². The van der Waals surface area contributed by atoms with E-state index in [1.54, 1.807) is 45.3 Å². The molecule has 0 spiro atoms. The molecule has 0 unspecified atom stereocenters. The molecule has 2 amide bonds. The fraction of sp³-hybridized carbons (Fsp3) is 0.304. The standard InChI is InChI=1S/C23H24N8O3/c1-15-21(31-14-20(27-28-31)23(33)29(2)3)11-18(13-25-15)26-22(32)17-8-16(12-24)9-19(10-17)30-4-6-34-7-5-30/h8-11,13-14H,4-7H2,1-3H3,(H,26,32). The van der Waals surface area contributed by atoms with Gasteiger partial charge in [0, 0.05) is 38.4 Å². The summed E-state index contributed by atoms with van der Waals surface area (Å²) in [6, 6.07) is 8.91. The largest absolute Gasteiger partial charge is 0.378 e. The highest BCUT2D eigenvalue weighted by Gasteiger charge is 2.18. The third kappa shape index (κ3) is 4.87. The Morgan fingerprint density at radius 3 is 2.65 bits per heavy atom. The summed E-state index contributed by atoms with van der Waals surface area (Å²) in [7, 11) is 3.27. The highest BCUT2D eigenvalue weighted by molar-refractivity contribution is 6.05. The molecule has 34 heavy (non-hydrogen) atoms. The predicted molar refractivity (Wildman–Crippen MR) is 124 cm³/mol. The molecule has 3 aromatic rings. The van der Waals surface area contributed by atoms with E-state index in [0.29, 0.717) is 54.5 Å². The first-order chi connectivity index (χ1) is 16.4. The molecule has 1 fully saturated rings. The van der Waals surface area contributed by atoms with Gasteiger partial charge in [-0.1, -0.05) is 5.21 Å². The van der Waals surface area contributed by atoms with Crippen molar-refractivity contribution in [3.63, 3.8) is 0 Å². The molecule has 0 aliphatic carbocycles. The van der Waals surface area contributed by atoms with Crippen LogP contribution in [0, 0.1) is 18.3 Å². The molecule has 0 bridgehead atoms. The smallest absolute Gasteiger partial charge is 0.275 e. The van der Waals surface area contributed by atoms with Crippen molar-refractivity contribution in [1.29, 1.82) is 5.26 Å². The van der Waals surface area contributed by atoms with Gasteiger partial charge in [-0.25, -0.2) is 4.68 Å². The van der Waals surface area contributed by atoms with E-state index in [9.17, 15) is 14.9 Å². The summed E-state index contributed by atoms with van der Waals surface area (Å²) in [6.07, 6.45) is 3.06. The Hall–Kier alpha value is -4.30. The molecule has 3 heterocycles. The number of carbonyl (C=O) groups is 2. The molecule has 4 rings (SSSR count). The third-order valence-electron chi connectivity index (χ3n) is 5.37. The molecular formula is C23H24N8O3. The number of ether oxygens (including phenoxy) is 1. The Kier molecular flexibility index (Phi) is 6.51. The van der Waals surface area contributed by atoms with Crippen LogP contribution in [0.1, 0.15) is 32.1 Å². The minimum atomic E-state index is -0.370. The predicted octanol–water partition coefficient (Wildman–Crippen LogP) is 1.63. The van der Waals surface area contributed by atoms with Gasteiger partial charge in [-0.3, -0.25) is 14.6 Å². The topological polar surface area (TPSA) is 129 Å². The SMILES string of the molecule is Cc1ncc(NC(=O)c2cc(C#N)cc(N3CCOCC3)c2)cc1-n1cc(C(=O)N(C)C)nn1. The molecule has 1 saturated heterocycles. The fourth-order valence-corrected chi connectivity index (χ4v) is 3.54. The Bertz CT molecular complexity index is 1270. The lowest BCUT2D eigenvalue weighted by atomic mass is 10.1. The zero-order valence-corrected chi connectivity index (χ0v) is 19.1. The second-order valence-electron chi connectivity index (χ2n) is 8.01. The first-order valence-electron chi connectivity index (χ1n) is 10.7. The van der Waals surface area contributed by atoms with E-state index in [1.165, 1.54) is 22.0 Å². The Labute approximate surface area is 196 Å². The average Bonchev–Trinajstić information content (AvgIpc) is 3.34. The number of nitrogens with zero attached hydrogens (tertiary/aromatic N) is 7. The second kappa shape index (κ2) is 9.68. The van der Waals surface area contributed by atoms with Gasteiger partial charge in [-0.15, -0.1) is 5.10 Å². The maximum absolute atomic E-state index is 13.0. The summed E-state index contributed by atoms with van der Waals surface area (Å²) in [5.74, 6) is -0.639. The van der Waals surface area contributed by atoms with Crippen molar-refractivity contribution in [2.24, 2.45) is 0 Å². The van der Waals surface area contributed by atoms with Gasteiger partial charge in [0.1, 0.15) is 0 Å². The lowest BCUT2D eigenvalue weighted by molar-refractivity contribution is 0.0821. The molecule has 0 atom stereocenters. The molecule has 11 nitrogen and oxygen atoms in total. The maximum atomic E-state index is 13.0. The van der Waals surface area contributed by atoms with E-state index >= 15 is 0 Å². The number of anilines is 2. The normalized spacial score (nSPS) is 13.3. The van der Waals surface area contributed by atoms with Gasteiger partial charge in [-0.05, 0) is 31.2 Å².